The molecule has 234 valence electrons. The van der Waals surface area contributed by atoms with Crippen molar-refractivity contribution in [2.75, 3.05) is 26.1 Å². The Hall–Kier alpha value is -3.66. The molecule has 1 unspecified atom stereocenters. The number of ether oxygens (including phenoxy) is 4. The summed E-state index contributed by atoms with van der Waals surface area (Å²) in [6.07, 6.45) is -1.94. The van der Waals surface area contributed by atoms with E-state index in [4.69, 9.17) is 29.2 Å². The summed E-state index contributed by atoms with van der Waals surface area (Å²) in [5, 5.41) is 22.0. The molecule has 1 aliphatic heterocycles. The molecule has 1 aromatic carbocycles. The fraction of sp³-hybridized carbons (Fsp3) is 0.538. The summed E-state index contributed by atoms with van der Waals surface area (Å²) >= 11 is 0. The zero-order valence-electron chi connectivity index (χ0n) is 24.6. The summed E-state index contributed by atoms with van der Waals surface area (Å²) in [5.74, 6) is 0.213. The minimum atomic E-state index is -2.53. The third-order valence-corrected chi connectivity index (χ3v) is 7.01. The summed E-state index contributed by atoms with van der Waals surface area (Å²) < 4.78 is 28.9. The molecule has 0 saturated carbocycles. The van der Waals surface area contributed by atoms with Gasteiger partial charge in [0.15, 0.2) is 23.1 Å². The van der Waals surface area contributed by atoms with Gasteiger partial charge in [-0.25, -0.2) is 4.98 Å². The first-order valence-electron chi connectivity index (χ1n) is 13.3. The summed E-state index contributed by atoms with van der Waals surface area (Å²) in [6, 6.07) is 5.34. The molecule has 2 aromatic heterocycles. The lowest BCUT2D eigenvalue weighted by molar-refractivity contribution is -0.169. The highest BCUT2D eigenvalue weighted by Crippen LogP contribution is 2.40. The molecule has 16 nitrogen and oxygen atoms in total. The van der Waals surface area contributed by atoms with Gasteiger partial charge in [-0.3, -0.25) is 13.9 Å². The van der Waals surface area contributed by atoms with E-state index >= 15 is 0 Å². The number of hydrogen-bond donors (Lipinski definition) is 4. The first-order chi connectivity index (χ1) is 20.2. The molecule has 0 aliphatic carbocycles. The molecule has 0 radical (unpaired) electrons. The Labute approximate surface area is 248 Å². The maximum absolute atomic E-state index is 12.2. The largest absolute Gasteiger partial charge is 0.574 e. The number of nitrogens with two attached hydrogens (primary N) is 1. The SMILES string of the molecule is COc1nc(N)nc2c1ncn2[C@@H]1O[C@H](COc2ccc(O/[P+]([O-])=N/N[C@@H](C)C(=O)OCC(C)(C)C)cc2)[C@@H](O)[C@@]1(C)O. The van der Waals surface area contributed by atoms with Crippen molar-refractivity contribution in [3.8, 4) is 17.4 Å². The van der Waals surface area contributed by atoms with Crippen molar-refractivity contribution >= 4 is 31.2 Å². The van der Waals surface area contributed by atoms with E-state index in [1.165, 1.54) is 44.0 Å². The lowest BCUT2D eigenvalue weighted by Crippen LogP contribution is -2.44. The number of benzene rings is 1. The molecular formula is C26H36N7O9P. The van der Waals surface area contributed by atoms with Gasteiger partial charge in [0.05, 0.1) is 20.0 Å². The fourth-order valence-electron chi connectivity index (χ4n) is 4.08. The number of carbonyl (C=O) groups is 1. The van der Waals surface area contributed by atoms with Crippen LogP contribution in [0.25, 0.3) is 11.2 Å². The van der Waals surface area contributed by atoms with Gasteiger partial charge >= 0.3 is 14.1 Å². The minimum Gasteiger partial charge on any atom is -0.574 e. The van der Waals surface area contributed by atoms with Crippen LogP contribution in [0.5, 0.6) is 17.4 Å². The smallest absolute Gasteiger partial charge is 0.412 e. The van der Waals surface area contributed by atoms with E-state index in [0.29, 0.717) is 11.3 Å². The van der Waals surface area contributed by atoms with Crippen LogP contribution in [0.2, 0.25) is 0 Å². The molecule has 1 aliphatic rings. The standard InChI is InChI=1S/C26H36N7O9P/c1-14(22(35)40-12-25(2,3)4)31-32-43(37)42-16-9-7-15(8-10-16)39-11-17-19(34)26(5,36)23(41-17)33-13-28-18-20(33)29-24(27)30-21(18)38-6/h7-10,13-14,17,19,23,31,34,36H,11-12H2,1-6H3,(H2,27,29,30)/t14-,17+,19+,23+,26+/m0/s1. The molecule has 3 aromatic rings. The lowest BCUT2D eigenvalue weighted by atomic mass is 9.96. The molecule has 4 rings (SSSR count). The van der Waals surface area contributed by atoms with E-state index in [0.717, 1.165) is 0 Å². The van der Waals surface area contributed by atoms with Crippen molar-refractivity contribution < 1.29 is 43.4 Å². The van der Waals surface area contributed by atoms with Gasteiger partial charge in [-0.1, -0.05) is 20.8 Å². The summed E-state index contributed by atoms with van der Waals surface area (Å²) in [5.41, 5.74) is 6.92. The second-order valence-corrected chi connectivity index (χ2v) is 12.2. The van der Waals surface area contributed by atoms with Gasteiger partial charge in [-0.05, 0) is 43.5 Å². The van der Waals surface area contributed by atoms with Crippen molar-refractivity contribution in [1.29, 1.82) is 0 Å². The normalized spacial score (nSPS) is 23.3. The number of methoxy groups -OCH3 is 1. The molecule has 0 bridgehead atoms. The van der Waals surface area contributed by atoms with Crippen LogP contribution in [0.4, 0.5) is 5.95 Å². The van der Waals surface area contributed by atoms with E-state index in [1.54, 1.807) is 12.1 Å². The van der Waals surface area contributed by atoms with Gasteiger partial charge in [0, 0.05) is 4.85 Å². The molecule has 6 atom stereocenters. The quantitative estimate of drug-likeness (QED) is 0.134. The predicted octanol–water partition coefficient (Wildman–Crippen LogP) is 1.22. The fourth-order valence-corrected chi connectivity index (χ4v) is 4.69. The molecule has 0 amide bonds. The predicted molar refractivity (Wildman–Crippen MR) is 152 cm³/mol. The number of fused-ring (bicyclic) bond motifs is 1. The van der Waals surface area contributed by atoms with Crippen LogP contribution in [-0.4, -0.2) is 79.9 Å². The molecule has 1 saturated heterocycles. The van der Waals surface area contributed by atoms with E-state index in [9.17, 15) is 19.9 Å². The molecule has 1 fully saturated rings. The number of imidazole rings is 1. The van der Waals surface area contributed by atoms with Crippen LogP contribution in [0.1, 0.15) is 40.8 Å². The van der Waals surface area contributed by atoms with Crippen molar-refractivity contribution in [2.24, 2.45) is 10.3 Å². The van der Waals surface area contributed by atoms with Gasteiger partial charge in [-0.15, -0.1) is 0 Å². The molecule has 3 heterocycles. The molecule has 17 heteroatoms. The zero-order valence-corrected chi connectivity index (χ0v) is 25.5. The maximum atomic E-state index is 12.2. The number of rotatable bonds is 11. The number of carbonyl (C=O) groups excluding carboxylic acids is 1. The summed E-state index contributed by atoms with van der Waals surface area (Å²) in [7, 11) is -1.11. The third kappa shape index (κ3) is 7.65. The monoisotopic (exact) mass is 621 g/mol. The highest BCUT2D eigenvalue weighted by atomic mass is 31.1. The van der Waals surface area contributed by atoms with Gasteiger partial charge in [-0.2, -0.15) is 15.4 Å². The average Bonchev–Trinajstić information content (AvgIpc) is 3.46. The number of aliphatic hydroxyl groups is 2. The lowest BCUT2D eigenvalue weighted by Gasteiger charge is -2.27. The third-order valence-electron chi connectivity index (χ3n) is 6.36. The number of anilines is 1. The first-order valence-corrected chi connectivity index (χ1v) is 14.4. The van der Waals surface area contributed by atoms with E-state index < -0.39 is 44.2 Å². The summed E-state index contributed by atoms with van der Waals surface area (Å²) in [6.45, 7) is 8.90. The number of nitrogens with one attached hydrogen (secondary N) is 1. The van der Waals surface area contributed by atoms with Gasteiger partial charge in [0.25, 0.3) is 0 Å². The summed E-state index contributed by atoms with van der Waals surface area (Å²) in [4.78, 5) is 40.4. The number of nitrogen functional groups attached to an aromatic ring is 1. The van der Waals surface area contributed by atoms with E-state index in [1.807, 2.05) is 20.8 Å². The Morgan fingerprint density at radius 2 is 1.98 bits per heavy atom. The van der Waals surface area contributed by atoms with E-state index in [-0.39, 0.29) is 41.9 Å². The topological polar surface area (TPSA) is 221 Å². The highest BCUT2D eigenvalue weighted by molar-refractivity contribution is 7.33. The van der Waals surface area contributed by atoms with Gasteiger partial charge < -0.3 is 39.8 Å². The van der Waals surface area contributed by atoms with Gasteiger partial charge in [0.2, 0.25) is 11.8 Å². The second-order valence-electron chi connectivity index (χ2n) is 11.3. The number of hydrogen-bond acceptors (Lipinski definition) is 14. The molecule has 5 N–H and O–H groups in total. The second kappa shape index (κ2) is 12.9. The zero-order chi connectivity index (χ0) is 31.5. The Balaban J connectivity index is 1.33. The first kappa shape index (κ1) is 32.3. The van der Waals surface area contributed by atoms with Crippen molar-refractivity contribution in [3.63, 3.8) is 0 Å². The van der Waals surface area contributed by atoms with Crippen molar-refractivity contribution in [3.05, 3.63) is 30.6 Å². The van der Waals surface area contributed by atoms with Crippen LogP contribution in [-0.2, 0) is 14.3 Å². The van der Waals surface area contributed by atoms with Crippen LogP contribution < -0.4 is 30.1 Å². The Morgan fingerprint density at radius 3 is 2.63 bits per heavy atom. The number of aromatic nitrogens is 4. The van der Waals surface area contributed by atoms with Crippen molar-refractivity contribution in [2.45, 2.75) is 64.7 Å². The number of nitrogens with zero attached hydrogens (tertiary/aromatic N) is 5. The minimum absolute atomic E-state index is 0.0584. The van der Waals surface area contributed by atoms with Gasteiger partial charge in [0.1, 0.15) is 36.2 Å². The van der Waals surface area contributed by atoms with E-state index in [2.05, 4.69) is 25.2 Å². The molecular weight excluding hydrogens is 585 g/mol. The maximum Gasteiger partial charge on any atom is 0.412 e. The Morgan fingerprint density at radius 1 is 1.30 bits per heavy atom. The van der Waals surface area contributed by atoms with Crippen molar-refractivity contribution in [1.82, 2.24) is 24.9 Å². The van der Waals surface area contributed by atoms with Crippen LogP contribution in [0, 0.1) is 5.41 Å². The average molecular weight is 622 g/mol. The number of esters is 1. The molecule has 0 spiro atoms. The Kier molecular flexibility index (Phi) is 9.69. The highest BCUT2D eigenvalue weighted by Gasteiger charge is 2.53. The van der Waals surface area contributed by atoms with Crippen LogP contribution in [0.3, 0.4) is 0 Å². The van der Waals surface area contributed by atoms with Crippen LogP contribution in [0.15, 0.2) is 35.4 Å². The Bertz CT molecular complexity index is 1460. The van der Waals surface area contributed by atoms with Crippen LogP contribution >= 0.6 is 8.17 Å². The molecule has 43 heavy (non-hydrogen) atoms. The number of aliphatic hydroxyl groups excluding tert-OH is 1.